The van der Waals surface area contributed by atoms with Gasteiger partial charge in [-0.15, -0.1) is 5.10 Å². The summed E-state index contributed by atoms with van der Waals surface area (Å²) in [5, 5.41) is 23.9. The Labute approximate surface area is 172 Å². The molecule has 1 aliphatic heterocycles. The van der Waals surface area contributed by atoms with Crippen LogP contribution in [0.3, 0.4) is 0 Å². The molecule has 2 aliphatic rings. The first-order chi connectivity index (χ1) is 14.1. The van der Waals surface area contributed by atoms with E-state index in [1.165, 1.54) is 30.7 Å². The van der Waals surface area contributed by atoms with E-state index in [0.717, 1.165) is 12.8 Å². The molecule has 2 heterocycles. The molecule has 1 aliphatic carbocycles. The van der Waals surface area contributed by atoms with Gasteiger partial charge in [0.25, 0.3) is 5.69 Å². The fourth-order valence-electron chi connectivity index (χ4n) is 3.96. The number of nitro benzene ring substituents is 1. The summed E-state index contributed by atoms with van der Waals surface area (Å²) in [6.45, 7) is 2.22. The molecular weight excluding hydrogens is 394 g/mol. The number of benzene rings is 1. The molecule has 1 saturated carbocycles. The largest absolute Gasteiger partial charge is 0.362 e. The van der Waals surface area contributed by atoms with Crippen LogP contribution in [0.1, 0.15) is 31.7 Å². The quantitative estimate of drug-likeness (QED) is 0.399. The van der Waals surface area contributed by atoms with Crippen LogP contribution in [0.4, 0.5) is 11.4 Å². The highest BCUT2D eigenvalue weighted by atomic mass is 32.2. The molecular formula is C18H23N7O3S. The molecule has 1 aromatic heterocycles. The van der Waals surface area contributed by atoms with E-state index in [-0.39, 0.29) is 16.5 Å². The average molecular weight is 417 g/mol. The number of rotatable bonds is 6. The first-order valence-electron chi connectivity index (χ1n) is 9.80. The highest BCUT2D eigenvalue weighted by Crippen LogP contribution is 2.32. The molecule has 0 unspecified atom stereocenters. The third kappa shape index (κ3) is 4.34. The van der Waals surface area contributed by atoms with Gasteiger partial charge in [-0.25, -0.2) is 4.68 Å². The van der Waals surface area contributed by atoms with Crippen LogP contribution in [0.15, 0.2) is 29.4 Å². The molecule has 11 heteroatoms. The maximum absolute atomic E-state index is 12.6. The van der Waals surface area contributed by atoms with Crippen LogP contribution in [-0.2, 0) is 4.79 Å². The van der Waals surface area contributed by atoms with E-state index in [1.807, 2.05) is 14.5 Å². The summed E-state index contributed by atoms with van der Waals surface area (Å²) in [5.41, 5.74) is 0.705. The van der Waals surface area contributed by atoms with Crippen molar-refractivity contribution in [3.8, 4) is 0 Å². The number of carbonyl (C=O) groups is 1. The average Bonchev–Trinajstić information content (AvgIpc) is 3.43. The summed E-state index contributed by atoms with van der Waals surface area (Å²) in [5.74, 6) is 0.330. The zero-order valence-corrected chi connectivity index (χ0v) is 16.8. The fourth-order valence-corrected chi connectivity index (χ4v) is 4.81. The van der Waals surface area contributed by atoms with Crippen molar-refractivity contribution in [1.29, 1.82) is 0 Å². The highest BCUT2D eigenvalue weighted by molar-refractivity contribution is 7.99. The van der Waals surface area contributed by atoms with Gasteiger partial charge in [-0.1, -0.05) is 36.7 Å². The zero-order valence-electron chi connectivity index (χ0n) is 16.0. The number of carbonyl (C=O) groups excluding carboxylic acids is 1. The third-order valence-corrected chi connectivity index (χ3v) is 6.43. The van der Waals surface area contributed by atoms with Crippen LogP contribution in [0.2, 0.25) is 0 Å². The number of anilines is 1. The van der Waals surface area contributed by atoms with Crippen molar-refractivity contribution in [2.24, 2.45) is 0 Å². The van der Waals surface area contributed by atoms with Crippen molar-refractivity contribution >= 4 is 29.0 Å². The number of hydrogen-bond donors (Lipinski definition) is 0. The SMILES string of the molecule is O=C(CSc1nnnn1C1CCCC1)N1CCN(c2ccccc2[N+](=O)[O-])CC1. The first kappa shape index (κ1) is 19.6. The molecule has 29 heavy (non-hydrogen) atoms. The van der Waals surface area contributed by atoms with Crippen molar-refractivity contribution < 1.29 is 9.72 Å². The van der Waals surface area contributed by atoms with Crippen LogP contribution in [0.5, 0.6) is 0 Å². The Kier molecular flexibility index (Phi) is 5.93. The van der Waals surface area contributed by atoms with Gasteiger partial charge >= 0.3 is 0 Å². The summed E-state index contributed by atoms with van der Waals surface area (Å²) < 4.78 is 1.86. The van der Waals surface area contributed by atoms with Gasteiger partial charge in [0.05, 0.1) is 16.7 Å². The summed E-state index contributed by atoms with van der Waals surface area (Å²) in [6.07, 6.45) is 4.55. The number of aromatic nitrogens is 4. The fraction of sp³-hybridized carbons (Fsp3) is 0.556. The predicted octanol–water partition coefficient (Wildman–Crippen LogP) is 2.14. The smallest absolute Gasteiger partial charge is 0.292 e. The summed E-state index contributed by atoms with van der Waals surface area (Å²) in [7, 11) is 0. The van der Waals surface area contributed by atoms with Crippen LogP contribution < -0.4 is 4.90 Å². The van der Waals surface area contributed by atoms with Crippen molar-refractivity contribution in [3.05, 3.63) is 34.4 Å². The molecule has 154 valence electrons. The van der Waals surface area contributed by atoms with E-state index in [1.54, 1.807) is 18.2 Å². The lowest BCUT2D eigenvalue weighted by molar-refractivity contribution is -0.384. The maximum atomic E-state index is 12.6. The zero-order chi connectivity index (χ0) is 20.2. The molecule has 2 aromatic rings. The van der Waals surface area contributed by atoms with Gasteiger partial charge in [-0.3, -0.25) is 14.9 Å². The second-order valence-electron chi connectivity index (χ2n) is 7.25. The lowest BCUT2D eigenvalue weighted by Crippen LogP contribution is -2.49. The predicted molar refractivity (Wildman–Crippen MR) is 108 cm³/mol. The first-order valence-corrected chi connectivity index (χ1v) is 10.8. The van der Waals surface area contributed by atoms with Crippen LogP contribution in [0, 0.1) is 10.1 Å². The molecule has 1 aromatic carbocycles. The van der Waals surface area contributed by atoms with Crippen LogP contribution in [-0.4, -0.2) is 67.9 Å². The van der Waals surface area contributed by atoms with E-state index >= 15 is 0 Å². The normalized spacial score (nSPS) is 17.7. The second kappa shape index (κ2) is 8.76. The van der Waals surface area contributed by atoms with Crippen molar-refractivity contribution in [2.75, 3.05) is 36.8 Å². The van der Waals surface area contributed by atoms with E-state index in [9.17, 15) is 14.9 Å². The topological polar surface area (TPSA) is 110 Å². The van der Waals surface area contributed by atoms with Gasteiger partial charge in [-0.05, 0) is 29.3 Å². The van der Waals surface area contributed by atoms with Gasteiger partial charge in [0.2, 0.25) is 11.1 Å². The Morgan fingerprint density at radius 3 is 2.62 bits per heavy atom. The van der Waals surface area contributed by atoms with Gasteiger partial charge < -0.3 is 9.80 Å². The van der Waals surface area contributed by atoms with Gasteiger partial charge in [0.15, 0.2) is 0 Å². The lowest BCUT2D eigenvalue weighted by atomic mass is 10.2. The number of piperazine rings is 1. The molecule has 0 atom stereocenters. The molecule has 0 N–H and O–H groups in total. The Morgan fingerprint density at radius 1 is 1.17 bits per heavy atom. The number of amides is 1. The standard InChI is InChI=1S/C18H23N7O3S/c26-17(13-29-18-19-20-21-24(18)14-5-1-2-6-14)23-11-9-22(10-12-23)15-7-3-4-8-16(15)25(27)28/h3-4,7-8,14H,1-2,5-6,9-13H2. The van der Waals surface area contributed by atoms with Crippen molar-refractivity contribution in [2.45, 2.75) is 36.9 Å². The number of para-hydroxylation sites is 2. The van der Waals surface area contributed by atoms with Crippen LogP contribution in [0.25, 0.3) is 0 Å². The Balaban J connectivity index is 1.31. The number of tetrazole rings is 1. The highest BCUT2D eigenvalue weighted by Gasteiger charge is 2.26. The number of thioether (sulfide) groups is 1. The van der Waals surface area contributed by atoms with E-state index in [0.29, 0.717) is 48.8 Å². The number of nitrogens with zero attached hydrogens (tertiary/aromatic N) is 7. The molecule has 0 bridgehead atoms. The van der Waals surface area contributed by atoms with E-state index in [2.05, 4.69) is 15.5 Å². The molecule has 10 nitrogen and oxygen atoms in total. The van der Waals surface area contributed by atoms with Crippen molar-refractivity contribution in [1.82, 2.24) is 25.1 Å². The van der Waals surface area contributed by atoms with Crippen LogP contribution >= 0.6 is 11.8 Å². The molecule has 1 saturated heterocycles. The Bertz CT molecular complexity index is 876. The summed E-state index contributed by atoms with van der Waals surface area (Å²) in [4.78, 5) is 27.3. The summed E-state index contributed by atoms with van der Waals surface area (Å²) in [6, 6.07) is 7.07. The monoisotopic (exact) mass is 417 g/mol. The third-order valence-electron chi connectivity index (χ3n) is 5.51. The number of hydrogen-bond acceptors (Lipinski definition) is 8. The molecule has 1 amide bonds. The van der Waals surface area contributed by atoms with Gasteiger partial charge in [0, 0.05) is 32.2 Å². The molecule has 0 spiro atoms. The maximum Gasteiger partial charge on any atom is 0.292 e. The van der Waals surface area contributed by atoms with Crippen molar-refractivity contribution in [3.63, 3.8) is 0 Å². The second-order valence-corrected chi connectivity index (χ2v) is 8.19. The molecule has 2 fully saturated rings. The summed E-state index contributed by atoms with van der Waals surface area (Å²) >= 11 is 1.38. The minimum absolute atomic E-state index is 0.0400. The lowest BCUT2D eigenvalue weighted by Gasteiger charge is -2.35. The van der Waals surface area contributed by atoms with Gasteiger partial charge in [0.1, 0.15) is 5.69 Å². The molecule has 4 rings (SSSR count). The Hall–Kier alpha value is -2.69. The van der Waals surface area contributed by atoms with E-state index < -0.39 is 0 Å². The molecule has 0 radical (unpaired) electrons. The van der Waals surface area contributed by atoms with Gasteiger partial charge in [-0.2, -0.15) is 0 Å². The van der Waals surface area contributed by atoms with E-state index in [4.69, 9.17) is 0 Å². The minimum atomic E-state index is -0.363. The number of nitro groups is 1. The Morgan fingerprint density at radius 2 is 1.90 bits per heavy atom. The minimum Gasteiger partial charge on any atom is -0.362 e.